The van der Waals surface area contributed by atoms with E-state index in [0.29, 0.717) is 17.4 Å². The molecule has 0 radical (unpaired) electrons. The van der Waals surface area contributed by atoms with E-state index in [4.69, 9.17) is 18.9 Å². The van der Waals surface area contributed by atoms with E-state index in [2.05, 4.69) is 135 Å². The highest BCUT2D eigenvalue weighted by Gasteiger charge is 2.22. The van der Waals surface area contributed by atoms with Crippen LogP contribution < -0.4 is 5.11 Å². The van der Waals surface area contributed by atoms with E-state index in [1.165, 1.54) is 64.2 Å². The number of carboxylic acid groups (broad SMARTS) is 1. The van der Waals surface area contributed by atoms with Crippen molar-refractivity contribution in [3.05, 3.63) is 122 Å². The van der Waals surface area contributed by atoms with Crippen LogP contribution in [0.4, 0.5) is 0 Å². The van der Waals surface area contributed by atoms with Crippen molar-refractivity contribution in [3.8, 4) is 0 Å². The number of nitrogens with zero attached hydrogens (tertiary/aromatic N) is 1. The number of unbranched alkanes of at least 4 members (excludes halogenated alkanes) is 16. The van der Waals surface area contributed by atoms with Crippen LogP contribution in [0, 0.1) is 0 Å². The molecule has 0 bridgehead atoms. The van der Waals surface area contributed by atoms with Crippen molar-refractivity contribution in [1.29, 1.82) is 0 Å². The number of allylic oxidation sites excluding steroid dienone is 20. The summed E-state index contributed by atoms with van der Waals surface area (Å²) in [4.78, 5) is 36.9. The number of hydrogen-bond acceptors (Lipinski definition) is 8. The van der Waals surface area contributed by atoms with Gasteiger partial charge in [-0.3, -0.25) is 9.59 Å². The van der Waals surface area contributed by atoms with Gasteiger partial charge in [0.2, 0.25) is 0 Å². The van der Waals surface area contributed by atoms with E-state index >= 15 is 0 Å². The van der Waals surface area contributed by atoms with Gasteiger partial charge in [0.05, 0.1) is 40.3 Å². The lowest BCUT2D eigenvalue weighted by molar-refractivity contribution is -0.870. The highest BCUT2D eigenvalue weighted by molar-refractivity contribution is 5.70. The molecule has 2 unspecified atom stereocenters. The Bertz CT molecular complexity index is 1610. The number of aliphatic carboxylic acids is 1. The lowest BCUT2D eigenvalue weighted by Crippen LogP contribution is -2.44. The third-order valence-electron chi connectivity index (χ3n) is 11.7. The van der Waals surface area contributed by atoms with Gasteiger partial charge in [-0.25, -0.2) is 0 Å². The smallest absolute Gasteiger partial charge is 0.306 e. The third-order valence-corrected chi connectivity index (χ3v) is 11.7. The number of esters is 2. The second-order valence-corrected chi connectivity index (χ2v) is 19.9. The molecule has 0 rings (SSSR count). The molecule has 0 aliphatic carbocycles. The average molecular weight is 1020 g/mol. The van der Waals surface area contributed by atoms with Crippen LogP contribution in [0.2, 0.25) is 0 Å². The van der Waals surface area contributed by atoms with Gasteiger partial charge in [0.1, 0.15) is 13.2 Å². The van der Waals surface area contributed by atoms with Crippen molar-refractivity contribution in [2.45, 2.75) is 219 Å². The van der Waals surface area contributed by atoms with Gasteiger partial charge >= 0.3 is 11.9 Å². The number of carboxylic acids is 1. The second kappa shape index (κ2) is 54.0. The minimum Gasteiger partial charge on any atom is -0.545 e. The number of likely N-dealkylation sites (N-methyl/N-ethyl adjacent to an activating group) is 1. The van der Waals surface area contributed by atoms with Gasteiger partial charge in [0.15, 0.2) is 12.4 Å². The monoisotopic (exact) mass is 1020 g/mol. The molecule has 0 aromatic carbocycles. The summed E-state index contributed by atoms with van der Waals surface area (Å²) in [6.45, 7) is 4.55. The van der Waals surface area contributed by atoms with E-state index in [9.17, 15) is 19.5 Å². The molecular formula is C64H105NO8. The highest BCUT2D eigenvalue weighted by atomic mass is 16.7. The first-order valence-electron chi connectivity index (χ1n) is 28.7. The summed E-state index contributed by atoms with van der Waals surface area (Å²) in [6, 6.07) is 0. The van der Waals surface area contributed by atoms with Gasteiger partial charge in [-0.2, -0.15) is 0 Å². The molecule has 0 N–H and O–H groups in total. The summed E-state index contributed by atoms with van der Waals surface area (Å²) in [5, 5.41) is 11.7. The molecule has 0 aliphatic heterocycles. The topological polar surface area (TPSA) is 111 Å². The van der Waals surface area contributed by atoms with Crippen molar-refractivity contribution < 1.29 is 42.9 Å². The SMILES string of the molecule is CC/C=C\C/C=C\C/C=C\C/C=C\C/C=C\C/C=C\C/C=C\C/C=C\C/C=C\C/C=C\CCCCCCCCCCCCC(=O)OC(COC(=O)CCCCCCCCC)COC(OCC[N+](C)(C)C)C(=O)[O-]. The Balaban J connectivity index is 4.03. The first-order valence-corrected chi connectivity index (χ1v) is 28.7. The van der Waals surface area contributed by atoms with E-state index < -0.39 is 24.3 Å². The lowest BCUT2D eigenvalue weighted by Gasteiger charge is -2.26. The minimum atomic E-state index is -1.62. The zero-order valence-corrected chi connectivity index (χ0v) is 47.0. The molecule has 2 atom stereocenters. The van der Waals surface area contributed by atoms with Crippen molar-refractivity contribution in [2.24, 2.45) is 0 Å². The van der Waals surface area contributed by atoms with Gasteiger partial charge < -0.3 is 33.3 Å². The molecule has 0 saturated heterocycles. The maximum absolute atomic E-state index is 12.8. The van der Waals surface area contributed by atoms with E-state index in [-0.39, 0.29) is 38.6 Å². The summed E-state index contributed by atoms with van der Waals surface area (Å²) in [6.07, 6.45) is 72.9. The van der Waals surface area contributed by atoms with Crippen molar-refractivity contribution in [2.75, 3.05) is 47.5 Å². The zero-order chi connectivity index (χ0) is 53.4. The molecule has 0 heterocycles. The van der Waals surface area contributed by atoms with Crippen LogP contribution in [0.25, 0.3) is 0 Å². The number of carbonyl (C=O) groups is 3. The molecule has 0 aromatic rings. The first-order chi connectivity index (χ1) is 35.6. The molecule has 0 aromatic heterocycles. The molecule has 9 heteroatoms. The quantitative estimate of drug-likeness (QED) is 0.0195. The fourth-order valence-electron chi connectivity index (χ4n) is 7.33. The standard InChI is InChI=1S/C64H105NO8/c1-6-8-10-12-14-15-16-17-18-19-20-21-22-23-24-25-26-27-28-29-30-31-32-33-34-35-36-37-38-39-40-41-42-43-44-45-46-47-49-51-53-55-62(67)73-60(58-71-61(66)54-52-50-48-13-11-9-7-2)59-72-64(63(68)69)70-57-56-65(3,4)5/h8,10,14-15,17-18,20-21,23-24,26-27,29-30,32-33,35-36,38-39,60,64H,6-7,9,11-13,16,19,22,25,28,31,34,37,40-59H2,1-5H3/b10-8-,15-14-,18-17-,21-20-,24-23-,27-26-,30-29-,33-32-,36-35-,39-38-. The van der Waals surface area contributed by atoms with Crippen LogP contribution in [0.3, 0.4) is 0 Å². The molecule has 0 fully saturated rings. The van der Waals surface area contributed by atoms with Crippen LogP contribution in [0.15, 0.2) is 122 Å². The largest absolute Gasteiger partial charge is 0.545 e. The Morgan fingerprint density at radius 3 is 1.16 bits per heavy atom. The second-order valence-electron chi connectivity index (χ2n) is 19.9. The van der Waals surface area contributed by atoms with Gasteiger partial charge in [-0.1, -0.05) is 225 Å². The zero-order valence-electron chi connectivity index (χ0n) is 47.0. The molecule has 0 amide bonds. The number of quaternary nitrogens is 1. The summed E-state index contributed by atoms with van der Waals surface area (Å²) >= 11 is 0. The summed E-state index contributed by atoms with van der Waals surface area (Å²) < 4.78 is 22.5. The van der Waals surface area contributed by atoms with Crippen molar-refractivity contribution in [1.82, 2.24) is 0 Å². The van der Waals surface area contributed by atoms with Gasteiger partial charge in [-0.05, 0) is 89.9 Å². The highest BCUT2D eigenvalue weighted by Crippen LogP contribution is 2.14. The first kappa shape index (κ1) is 68.7. The van der Waals surface area contributed by atoms with Gasteiger partial charge in [0.25, 0.3) is 0 Å². The summed E-state index contributed by atoms with van der Waals surface area (Å²) in [5.41, 5.74) is 0. The number of rotatable bonds is 51. The van der Waals surface area contributed by atoms with E-state index in [1.54, 1.807) is 0 Å². The maximum Gasteiger partial charge on any atom is 0.306 e. The number of carbonyl (C=O) groups excluding carboxylic acids is 3. The van der Waals surface area contributed by atoms with E-state index in [0.717, 1.165) is 109 Å². The summed E-state index contributed by atoms with van der Waals surface area (Å²) in [5.74, 6) is -2.31. The molecule has 9 nitrogen and oxygen atoms in total. The minimum absolute atomic E-state index is 0.143. The van der Waals surface area contributed by atoms with Crippen molar-refractivity contribution in [3.63, 3.8) is 0 Å². The van der Waals surface area contributed by atoms with Gasteiger partial charge in [0, 0.05) is 12.8 Å². The van der Waals surface area contributed by atoms with Crippen molar-refractivity contribution >= 4 is 17.9 Å². The molecule has 0 aliphatic rings. The van der Waals surface area contributed by atoms with Gasteiger partial charge in [-0.15, -0.1) is 0 Å². The Hall–Kier alpha value is -4.31. The average Bonchev–Trinajstić information content (AvgIpc) is 3.36. The molecule has 414 valence electrons. The fourth-order valence-corrected chi connectivity index (χ4v) is 7.33. The number of ether oxygens (including phenoxy) is 4. The Morgan fingerprint density at radius 2 is 0.781 bits per heavy atom. The Kier molecular flexibility index (Phi) is 50.8. The molecule has 73 heavy (non-hydrogen) atoms. The van der Waals surface area contributed by atoms with Crippen LogP contribution in [0.1, 0.15) is 206 Å². The number of hydrogen-bond donors (Lipinski definition) is 0. The normalized spacial score (nSPS) is 13.7. The van der Waals surface area contributed by atoms with Crippen LogP contribution >= 0.6 is 0 Å². The fraction of sp³-hybridized carbons (Fsp3) is 0.641. The Labute approximate surface area is 447 Å². The lowest BCUT2D eigenvalue weighted by atomic mass is 10.0. The predicted molar refractivity (Wildman–Crippen MR) is 306 cm³/mol. The van der Waals surface area contributed by atoms with Crippen LogP contribution in [-0.2, 0) is 33.3 Å². The predicted octanol–water partition coefficient (Wildman–Crippen LogP) is 15.6. The molecule has 0 spiro atoms. The third kappa shape index (κ3) is 55.3. The van der Waals surface area contributed by atoms with Crippen LogP contribution in [0.5, 0.6) is 0 Å². The maximum atomic E-state index is 12.8. The summed E-state index contributed by atoms with van der Waals surface area (Å²) in [7, 11) is 5.90. The van der Waals surface area contributed by atoms with Crippen LogP contribution in [-0.4, -0.2) is 82.3 Å². The van der Waals surface area contributed by atoms with E-state index in [1.807, 2.05) is 21.1 Å². The molecular weight excluding hydrogens is 911 g/mol. The Morgan fingerprint density at radius 1 is 0.425 bits per heavy atom. The molecule has 0 saturated carbocycles.